The van der Waals surface area contributed by atoms with Crippen molar-refractivity contribution in [1.29, 1.82) is 0 Å². The molecule has 0 aromatic carbocycles. The largest absolute Gasteiger partial charge is 0.392 e. The van der Waals surface area contributed by atoms with Crippen LogP contribution in [0.4, 0.5) is 0 Å². The summed E-state index contributed by atoms with van der Waals surface area (Å²) in [6.45, 7) is 8.85. The molecule has 1 aliphatic rings. The van der Waals surface area contributed by atoms with Gasteiger partial charge in [-0.3, -0.25) is 0 Å². The van der Waals surface area contributed by atoms with Gasteiger partial charge in [-0.1, -0.05) is 20.3 Å². The first kappa shape index (κ1) is 12.9. The van der Waals surface area contributed by atoms with E-state index in [1.165, 1.54) is 0 Å². The molecule has 1 saturated heterocycles. The van der Waals surface area contributed by atoms with Gasteiger partial charge in [0.05, 0.1) is 12.7 Å². The zero-order valence-electron chi connectivity index (χ0n) is 10.2. The quantitative estimate of drug-likeness (QED) is 0.704. The van der Waals surface area contributed by atoms with E-state index in [9.17, 15) is 5.11 Å². The third kappa shape index (κ3) is 4.09. The molecule has 1 heterocycles. The first-order valence-corrected chi connectivity index (χ1v) is 6.14. The normalized spacial score (nSPS) is 27.6. The van der Waals surface area contributed by atoms with Gasteiger partial charge in [-0.15, -0.1) is 0 Å². The topological polar surface area (TPSA) is 41.5 Å². The van der Waals surface area contributed by atoms with E-state index in [1.54, 1.807) is 0 Å². The Morgan fingerprint density at radius 2 is 2.20 bits per heavy atom. The van der Waals surface area contributed by atoms with Gasteiger partial charge in [0.15, 0.2) is 0 Å². The van der Waals surface area contributed by atoms with Gasteiger partial charge in [-0.05, 0) is 25.2 Å². The number of ether oxygens (including phenoxy) is 1. The molecule has 1 aliphatic heterocycles. The Bertz CT molecular complexity index is 169. The average Bonchev–Trinajstić information content (AvgIpc) is 2.77. The van der Waals surface area contributed by atoms with Crippen molar-refractivity contribution in [2.24, 2.45) is 11.8 Å². The summed E-state index contributed by atoms with van der Waals surface area (Å²) in [6.07, 6.45) is 1.96. The molecule has 1 fully saturated rings. The van der Waals surface area contributed by atoms with Crippen LogP contribution in [-0.2, 0) is 4.74 Å². The molecule has 15 heavy (non-hydrogen) atoms. The standard InChI is InChI=1S/C12H25NO2/c1-4-9(2)12(14)7-13-10(3)11-5-6-15-8-11/h9-14H,4-8H2,1-3H3. The minimum Gasteiger partial charge on any atom is -0.392 e. The van der Waals surface area contributed by atoms with E-state index >= 15 is 0 Å². The van der Waals surface area contributed by atoms with Crippen LogP contribution in [0.1, 0.15) is 33.6 Å². The van der Waals surface area contributed by atoms with E-state index in [4.69, 9.17) is 4.74 Å². The summed E-state index contributed by atoms with van der Waals surface area (Å²) in [5.41, 5.74) is 0. The van der Waals surface area contributed by atoms with E-state index in [-0.39, 0.29) is 6.10 Å². The number of aliphatic hydroxyl groups excluding tert-OH is 1. The summed E-state index contributed by atoms with van der Waals surface area (Å²) in [6, 6.07) is 0.450. The molecule has 90 valence electrons. The van der Waals surface area contributed by atoms with Crippen LogP contribution in [0, 0.1) is 11.8 Å². The second kappa shape index (κ2) is 6.46. The average molecular weight is 215 g/mol. The molecule has 0 spiro atoms. The number of rotatable bonds is 6. The smallest absolute Gasteiger partial charge is 0.0690 e. The van der Waals surface area contributed by atoms with E-state index in [0.717, 1.165) is 26.1 Å². The van der Waals surface area contributed by atoms with E-state index in [0.29, 0.717) is 24.4 Å². The van der Waals surface area contributed by atoms with Crippen LogP contribution in [0.25, 0.3) is 0 Å². The van der Waals surface area contributed by atoms with Crippen molar-refractivity contribution in [2.75, 3.05) is 19.8 Å². The lowest BCUT2D eigenvalue weighted by Crippen LogP contribution is -2.40. The Morgan fingerprint density at radius 3 is 2.73 bits per heavy atom. The predicted molar refractivity (Wildman–Crippen MR) is 61.9 cm³/mol. The maximum absolute atomic E-state index is 9.82. The lowest BCUT2D eigenvalue weighted by molar-refractivity contribution is 0.106. The summed E-state index contributed by atoms with van der Waals surface area (Å²) in [7, 11) is 0. The van der Waals surface area contributed by atoms with Crippen molar-refractivity contribution in [1.82, 2.24) is 5.32 Å². The molecule has 2 N–H and O–H groups in total. The van der Waals surface area contributed by atoms with Gasteiger partial charge in [0.1, 0.15) is 0 Å². The highest BCUT2D eigenvalue weighted by atomic mass is 16.5. The lowest BCUT2D eigenvalue weighted by atomic mass is 9.98. The molecular formula is C12H25NO2. The zero-order chi connectivity index (χ0) is 11.3. The first-order chi connectivity index (χ1) is 7.15. The fraction of sp³-hybridized carbons (Fsp3) is 1.00. The maximum Gasteiger partial charge on any atom is 0.0690 e. The molecular weight excluding hydrogens is 190 g/mol. The Morgan fingerprint density at radius 1 is 1.47 bits per heavy atom. The minimum atomic E-state index is -0.222. The molecule has 0 aromatic rings. The molecule has 3 heteroatoms. The van der Waals surface area contributed by atoms with Gasteiger partial charge in [0.2, 0.25) is 0 Å². The molecule has 4 unspecified atom stereocenters. The second-order valence-electron chi connectivity index (χ2n) is 4.77. The molecule has 1 rings (SSSR count). The van der Waals surface area contributed by atoms with E-state index in [1.807, 2.05) is 0 Å². The molecule has 0 aliphatic carbocycles. The van der Waals surface area contributed by atoms with Crippen molar-refractivity contribution in [3.63, 3.8) is 0 Å². The van der Waals surface area contributed by atoms with Gasteiger partial charge in [0, 0.05) is 19.2 Å². The minimum absolute atomic E-state index is 0.222. The van der Waals surface area contributed by atoms with Crippen LogP contribution < -0.4 is 5.32 Å². The molecule has 0 saturated carbocycles. The molecule has 4 atom stereocenters. The van der Waals surface area contributed by atoms with Gasteiger partial charge in [-0.2, -0.15) is 0 Å². The molecule has 0 bridgehead atoms. The van der Waals surface area contributed by atoms with Gasteiger partial charge < -0.3 is 15.2 Å². The molecule has 0 aromatic heterocycles. The van der Waals surface area contributed by atoms with Crippen LogP contribution in [0.15, 0.2) is 0 Å². The highest BCUT2D eigenvalue weighted by molar-refractivity contribution is 4.77. The van der Waals surface area contributed by atoms with Crippen LogP contribution in [0.2, 0.25) is 0 Å². The summed E-state index contributed by atoms with van der Waals surface area (Å²) in [5.74, 6) is 0.999. The Kier molecular flexibility index (Phi) is 5.58. The summed E-state index contributed by atoms with van der Waals surface area (Å²) >= 11 is 0. The highest BCUT2D eigenvalue weighted by Gasteiger charge is 2.22. The van der Waals surface area contributed by atoms with Gasteiger partial charge >= 0.3 is 0 Å². The van der Waals surface area contributed by atoms with Crippen LogP contribution in [0.3, 0.4) is 0 Å². The van der Waals surface area contributed by atoms with Crippen molar-refractivity contribution < 1.29 is 9.84 Å². The van der Waals surface area contributed by atoms with E-state index in [2.05, 4.69) is 26.1 Å². The second-order valence-corrected chi connectivity index (χ2v) is 4.77. The monoisotopic (exact) mass is 215 g/mol. The number of aliphatic hydroxyl groups is 1. The Hall–Kier alpha value is -0.120. The third-order valence-corrected chi connectivity index (χ3v) is 3.62. The Labute approximate surface area is 93.2 Å². The van der Waals surface area contributed by atoms with Crippen molar-refractivity contribution in [3.8, 4) is 0 Å². The molecule has 0 radical (unpaired) electrons. The SMILES string of the molecule is CCC(C)C(O)CNC(C)C1CCOC1. The van der Waals surface area contributed by atoms with Gasteiger partial charge in [-0.25, -0.2) is 0 Å². The maximum atomic E-state index is 9.82. The summed E-state index contributed by atoms with van der Waals surface area (Å²) < 4.78 is 5.35. The fourth-order valence-electron chi connectivity index (χ4n) is 1.89. The number of hydrogen-bond donors (Lipinski definition) is 2. The number of hydrogen-bond acceptors (Lipinski definition) is 3. The van der Waals surface area contributed by atoms with Crippen molar-refractivity contribution in [3.05, 3.63) is 0 Å². The third-order valence-electron chi connectivity index (χ3n) is 3.62. The number of nitrogens with one attached hydrogen (secondary N) is 1. The Balaban J connectivity index is 2.17. The lowest BCUT2D eigenvalue weighted by Gasteiger charge is -2.23. The highest BCUT2D eigenvalue weighted by Crippen LogP contribution is 2.16. The van der Waals surface area contributed by atoms with Crippen molar-refractivity contribution >= 4 is 0 Å². The van der Waals surface area contributed by atoms with Crippen molar-refractivity contribution in [2.45, 2.75) is 45.8 Å². The molecule has 3 nitrogen and oxygen atoms in total. The zero-order valence-corrected chi connectivity index (χ0v) is 10.2. The summed E-state index contributed by atoms with van der Waals surface area (Å²) in [5, 5.41) is 13.2. The predicted octanol–water partition coefficient (Wildman–Crippen LogP) is 1.41. The van der Waals surface area contributed by atoms with Crippen LogP contribution in [0.5, 0.6) is 0 Å². The first-order valence-electron chi connectivity index (χ1n) is 6.14. The van der Waals surface area contributed by atoms with Gasteiger partial charge in [0.25, 0.3) is 0 Å². The molecule has 0 amide bonds. The fourth-order valence-corrected chi connectivity index (χ4v) is 1.89. The van der Waals surface area contributed by atoms with Crippen LogP contribution >= 0.6 is 0 Å². The van der Waals surface area contributed by atoms with E-state index < -0.39 is 0 Å². The summed E-state index contributed by atoms with van der Waals surface area (Å²) in [4.78, 5) is 0. The van der Waals surface area contributed by atoms with Crippen LogP contribution in [-0.4, -0.2) is 37.0 Å².